The van der Waals surface area contributed by atoms with Crippen LogP contribution in [0, 0.1) is 11.8 Å². The molecule has 1 saturated carbocycles. The molecule has 1 aromatic heterocycles. The largest absolute Gasteiger partial charge is 0.506 e. The van der Waals surface area contributed by atoms with E-state index in [1.807, 2.05) is 24.3 Å². The Kier molecular flexibility index (Phi) is 5.30. The molecule has 4 atom stereocenters. The summed E-state index contributed by atoms with van der Waals surface area (Å²) in [6.45, 7) is 5.26. The number of aliphatic hydroxyl groups is 1. The third kappa shape index (κ3) is 4.15. The van der Waals surface area contributed by atoms with E-state index in [1.165, 1.54) is 6.20 Å². The van der Waals surface area contributed by atoms with Crippen LogP contribution in [0.1, 0.15) is 36.9 Å². The van der Waals surface area contributed by atoms with Crippen LogP contribution < -0.4 is 4.74 Å². The standard InChI is InChI=1S/C23H30N2O3/c1-16(22-7-6-20(26)12-24-22)13-25-14-18-10-23(27,11-19(18)15-25)9-17-4-3-5-21(8-17)28-2/h3-8,12,16,18-19,26-27H,9-11,13-15H2,1-2H3/t16?,18-,19+,23?. The molecule has 1 aliphatic carbocycles. The molecule has 28 heavy (non-hydrogen) atoms. The summed E-state index contributed by atoms with van der Waals surface area (Å²) in [5.74, 6) is 2.52. The Bertz CT molecular complexity index is 794. The molecule has 1 saturated heterocycles. The summed E-state index contributed by atoms with van der Waals surface area (Å²) in [4.78, 5) is 6.86. The number of aromatic hydroxyl groups is 1. The molecule has 1 aliphatic heterocycles. The van der Waals surface area contributed by atoms with Crippen LogP contribution >= 0.6 is 0 Å². The number of aromatic nitrogens is 1. The maximum atomic E-state index is 11.2. The molecule has 2 N–H and O–H groups in total. The van der Waals surface area contributed by atoms with Gasteiger partial charge in [0.25, 0.3) is 0 Å². The van der Waals surface area contributed by atoms with Gasteiger partial charge in [-0.2, -0.15) is 0 Å². The highest BCUT2D eigenvalue weighted by atomic mass is 16.5. The Morgan fingerprint density at radius 2 is 1.96 bits per heavy atom. The van der Waals surface area contributed by atoms with Crippen LogP contribution in [0.4, 0.5) is 0 Å². The van der Waals surface area contributed by atoms with Crippen LogP contribution in [0.15, 0.2) is 42.6 Å². The molecular formula is C23H30N2O3. The summed E-state index contributed by atoms with van der Waals surface area (Å²) in [5.41, 5.74) is 1.56. The average Bonchev–Trinajstić information content (AvgIpc) is 3.16. The van der Waals surface area contributed by atoms with Gasteiger partial charge < -0.3 is 19.8 Å². The summed E-state index contributed by atoms with van der Waals surface area (Å²) in [6.07, 6.45) is 3.96. The fourth-order valence-corrected chi connectivity index (χ4v) is 5.18. The molecule has 0 radical (unpaired) electrons. The van der Waals surface area contributed by atoms with Crippen LogP contribution in [0.5, 0.6) is 11.5 Å². The van der Waals surface area contributed by atoms with E-state index in [4.69, 9.17) is 4.74 Å². The molecular weight excluding hydrogens is 352 g/mol. The lowest BCUT2D eigenvalue weighted by Gasteiger charge is -2.27. The average molecular weight is 383 g/mol. The van der Waals surface area contributed by atoms with Crippen molar-refractivity contribution >= 4 is 0 Å². The van der Waals surface area contributed by atoms with Gasteiger partial charge >= 0.3 is 0 Å². The molecule has 5 nitrogen and oxygen atoms in total. The Labute approximate surface area is 167 Å². The zero-order valence-corrected chi connectivity index (χ0v) is 16.7. The number of benzene rings is 1. The van der Waals surface area contributed by atoms with Gasteiger partial charge in [0.2, 0.25) is 0 Å². The first-order valence-corrected chi connectivity index (χ1v) is 10.2. The van der Waals surface area contributed by atoms with E-state index in [2.05, 4.69) is 22.9 Å². The second kappa shape index (κ2) is 7.72. The molecule has 2 unspecified atom stereocenters. The first-order chi connectivity index (χ1) is 13.4. The minimum Gasteiger partial charge on any atom is -0.506 e. The molecule has 0 bridgehead atoms. The van der Waals surface area contributed by atoms with Crippen molar-refractivity contribution in [1.29, 1.82) is 0 Å². The Hall–Kier alpha value is -2.11. The van der Waals surface area contributed by atoms with E-state index in [-0.39, 0.29) is 5.75 Å². The van der Waals surface area contributed by atoms with Gasteiger partial charge in [-0.05, 0) is 54.5 Å². The van der Waals surface area contributed by atoms with E-state index in [9.17, 15) is 10.2 Å². The molecule has 5 heteroatoms. The Morgan fingerprint density at radius 3 is 2.61 bits per heavy atom. The van der Waals surface area contributed by atoms with Gasteiger partial charge in [-0.3, -0.25) is 4.98 Å². The van der Waals surface area contributed by atoms with Gasteiger partial charge in [-0.1, -0.05) is 19.1 Å². The normalized spacial score (nSPS) is 28.2. The van der Waals surface area contributed by atoms with Crippen LogP contribution in [0.2, 0.25) is 0 Å². The van der Waals surface area contributed by atoms with Gasteiger partial charge in [0.15, 0.2) is 0 Å². The predicted octanol–water partition coefficient (Wildman–Crippen LogP) is 3.21. The smallest absolute Gasteiger partial charge is 0.133 e. The third-order valence-corrected chi connectivity index (χ3v) is 6.41. The number of rotatable bonds is 6. The first-order valence-electron chi connectivity index (χ1n) is 10.2. The third-order valence-electron chi connectivity index (χ3n) is 6.41. The van der Waals surface area contributed by atoms with Crippen LogP contribution in [0.3, 0.4) is 0 Å². The predicted molar refractivity (Wildman–Crippen MR) is 109 cm³/mol. The Morgan fingerprint density at radius 1 is 1.21 bits per heavy atom. The van der Waals surface area contributed by atoms with Gasteiger partial charge in [0, 0.05) is 37.7 Å². The van der Waals surface area contributed by atoms with Crippen molar-refractivity contribution < 1.29 is 14.9 Å². The van der Waals surface area contributed by atoms with Crippen molar-refractivity contribution in [1.82, 2.24) is 9.88 Å². The monoisotopic (exact) mass is 382 g/mol. The fourth-order valence-electron chi connectivity index (χ4n) is 5.18. The highest BCUT2D eigenvalue weighted by Crippen LogP contribution is 2.45. The van der Waals surface area contributed by atoms with E-state index >= 15 is 0 Å². The van der Waals surface area contributed by atoms with Gasteiger partial charge in [-0.15, -0.1) is 0 Å². The van der Waals surface area contributed by atoms with E-state index < -0.39 is 5.60 Å². The zero-order valence-electron chi connectivity index (χ0n) is 16.7. The minimum atomic E-state index is -0.599. The number of methoxy groups -OCH3 is 1. The molecule has 2 heterocycles. The SMILES string of the molecule is COc1cccc(CC2(O)C[C@H]3CN(CC(C)c4ccc(O)cn4)C[C@H]3C2)c1. The number of hydrogen-bond acceptors (Lipinski definition) is 5. The molecule has 150 valence electrons. The summed E-state index contributed by atoms with van der Waals surface area (Å²) >= 11 is 0. The maximum absolute atomic E-state index is 11.2. The topological polar surface area (TPSA) is 65.8 Å². The highest BCUT2D eigenvalue weighted by Gasteiger charge is 2.48. The fraction of sp³-hybridized carbons (Fsp3) is 0.522. The van der Waals surface area contributed by atoms with Crippen LogP contribution in [-0.2, 0) is 6.42 Å². The molecule has 0 spiro atoms. The zero-order chi connectivity index (χ0) is 19.7. The molecule has 2 aliphatic rings. The highest BCUT2D eigenvalue weighted by molar-refractivity contribution is 5.30. The lowest BCUT2D eigenvalue weighted by atomic mass is 9.91. The van der Waals surface area contributed by atoms with Crippen molar-refractivity contribution in [3.63, 3.8) is 0 Å². The van der Waals surface area contributed by atoms with Crippen molar-refractivity contribution in [3.8, 4) is 11.5 Å². The lowest BCUT2D eigenvalue weighted by Crippen LogP contribution is -2.33. The van der Waals surface area contributed by atoms with E-state index in [1.54, 1.807) is 13.2 Å². The number of ether oxygens (including phenoxy) is 1. The summed E-state index contributed by atoms with van der Waals surface area (Å²) in [5, 5.41) is 20.6. The lowest BCUT2D eigenvalue weighted by molar-refractivity contribution is 0.0352. The quantitative estimate of drug-likeness (QED) is 0.803. The summed E-state index contributed by atoms with van der Waals surface area (Å²) < 4.78 is 5.31. The van der Waals surface area contributed by atoms with Gasteiger partial charge in [-0.25, -0.2) is 0 Å². The molecule has 4 rings (SSSR count). The molecule has 2 aromatic rings. The van der Waals surface area contributed by atoms with Crippen LogP contribution in [-0.4, -0.2) is 52.4 Å². The summed E-state index contributed by atoms with van der Waals surface area (Å²) in [7, 11) is 1.68. The second-order valence-corrected chi connectivity index (χ2v) is 8.74. The number of pyridine rings is 1. The van der Waals surface area contributed by atoms with E-state index in [0.717, 1.165) is 49.5 Å². The number of fused-ring (bicyclic) bond motifs is 1. The van der Waals surface area contributed by atoms with Gasteiger partial charge in [0.1, 0.15) is 11.5 Å². The Balaban J connectivity index is 1.33. The number of likely N-dealkylation sites (tertiary alicyclic amines) is 1. The number of hydrogen-bond donors (Lipinski definition) is 2. The van der Waals surface area contributed by atoms with Crippen molar-refractivity contribution in [2.45, 2.75) is 37.7 Å². The van der Waals surface area contributed by atoms with Gasteiger partial charge in [0.05, 0.1) is 18.9 Å². The van der Waals surface area contributed by atoms with Crippen LogP contribution in [0.25, 0.3) is 0 Å². The second-order valence-electron chi connectivity index (χ2n) is 8.74. The van der Waals surface area contributed by atoms with Crippen molar-refractivity contribution in [2.75, 3.05) is 26.7 Å². The summed E-state index contributed by atoms with van der Waals surface area (Å²) in [6, 6.07) is 11.7. The minimum absolute atomic E-state index is 0.210. The number of nitrogens with zero attached hydrogens (tertiary/aromatic N) is 2. The van der Waals surface area contributed by atoms with E-state index in [0.29, 0.717) is 24.2 Å². The van der Waals surface area contributed by atoms with Crippen molar-refractivity contribution in [3.05, 3.63) is 53.9 Å². The molecule has 1 aromatic carbocycles. The van der Waals surface area contributed by atoms with Crippen molar-refractivity contribution in [2.24, 2.45) is 11.8 Å². The maximum Gasteiger partial charge on any atom is 0.133 e. The molecule has 0 amide bonds. The first kappa shape index (κ1) is 19.2. The molecule has 2 fully saturated rings.